The fourth-order valence-electron chi connectivity index (χ4n) is 2.16. The van der Waals surface area contributed by atoms with Crippen LogP contribution in [0.25, 0.3) is 0 Å². The zero-order valence-electron chi connectivity index (χ0n) is 10.3. The van der Waals surface area contributed by atoms with Gasteiger partial charge in [0.2, 0.25) is 0 Å². The van der Waals surface area contributed by atoms with Crippen molar-refractivity contribution in [2.75, 3.05) is 12.3 Å². The number of benzene rings is 1. The minimum absolute atomic E-state index is 0.834. The lowest BCUT2D eigenvalue weighted by atomic mass is 10.1. The molecule has 2 rings (SSSR count). The summed E-state index contributed by atoms with van der Waals surface area (Å²) >= 11 is 5.67. The van der Waals surface area contributed by atoms with Crippen LogP contribution in [0.1, 0.15) is 30.4 Å². The average Bonchev–Trinajstić information content (AvgIpc) is 2.35. The van der Waals surface area contributed by atoms with Crippen LogP contribution in [0.15, 0.2) is 22.7 Å². The highest BCUT2D eigenvalue weighted by Crippen LogP contribution is 2.24. The molecule has 17 heavy (non-hydrogen) atoms. The highest BCUT2D eigenvalue weighted by atomic mass is 79.9. The number of rotatable bonds is 4. The van der Waals surface area contributed by atoms with Gasteiger partial charge in [0, 0.05) is 22.8 Å². The van der Waals surface area contributed by atoms with Crippen LogP contribution in [0.3, 0.4) is 0 Å². The molecule has 1 aliphatic heterocycles. The van der Waals surface area contributed by atoms with Crippen molar-refractivity contribution in [2.24, 2.45) is 0 Å². The minimum atomic E-state index is 0.834. The van der Waals surface area contributed by atoms with Crippen LogP contribution in [0, 0.1) is 6.92 Å². The summed E-state index contributed by atoms with van der Waals surface area (Å²) in [6.45, 7) is 4.29. The van der Waals surface area contributed by atoms with E-state index in [4.69, 9.17) is 0 Å². The highest BCUT2D eigenvalue weighted by Gasteiger charge is 2.12. The second kappa shape index (κ2) is 6.81. The van der Waals surface area contributed by atoms with E-state index >= 15 is 0 Å². The van der Waals surface area contributed by atoms with Gasteiger partial charge in [-0.2, -0.15) is 11.8 Å². The zero-order valence-corrected chi connectivity index (χ0v) is 12.7. The van der Waals surface area contributed by atoms with Gasteiger partial charge in [0.25, 0.3) is 0 Å². The van der Waals surface area contributed by atoms with Crippen molar-refractivity contribution in [3.05, 3.63) is 33.8 Å². The van der Waals surface area contributed by atoms with Crippen molar-refractivity contribution in [1.82, 2.24) is 5.32 Å². The largest absolute Gasteiger partial charge is 0.312 e. The van der Waals surface area contributed by atoms with Crippen LogP contribution in [0.4, 0.5) is 0 Å². The molecule has 94 valence electrons. The van der Waals surface area contributed by atoms with Crippen LogP contribution in [0.5, 0.6) is 0 Å². The molecule has 1 unspecified atom stereocenters. The zero-order chi connectivity index (χ0) is 12.1. The lowest BCUT2D eigenvalue weighted by molar-refractivity contribution is 0.597. The Morgan fingerprint density at radius 3 is 3.00 bits per heavy atom. The summed E-state index contributed by atoms with van der Waals surface area (Å²) in [6.07, 6.45) is 4.21. The third kappa shape index (κ3) is 4.31. The molecule has 0 spiro atoms. The molecule has 0 bridgehead atoms. The van der Waals surface area contributed by atoms with Crippen LogP contribution < -0.4 is 5.32 Å². The Labute approximate surface area is 117 Å². The smallest absolute Gasteiger partial charge is 0.0206 e. The number of hydrogen-bond donors (Lipinski definition) is 1. The van der Waals surface area contributed by atoms with Gasteiger partial charge in [-0.3, -0.25) is 0 Å². The molecule has 1 fully saturated rings. The summed E-state index contributed by atoms with van der Waals surface area (Å²) < 4.78 is 1.20. The maximum absolute atomic E-state index is 3.58. The SMILES string of the molecule is Cc1cc(CNCC2CCCCS2)ccc1Br. The molecule has 0 aromatic heterocycles. The molecule has 0 aliphatic carbocycles. The Bertz CT molecular complexity index is 361. The molecule has 1 aromatic rings. The average molecular weight is 314 g/mol. The van der Waals surface area contributed by atoms with Crippen LogP contribution in [-0.2, 0) is 6.54 Å². The second-order valence-electron chi connectivity index (χ2n) is 4.70. The van der Waals surface area contributed by atoms with Crippen molar-refractivity contribution in [2.45, 2.75) is 38.0 Å². The molecule has 1 saturated heterocycles. The molecule has 0 amide bonds. The van der Waals surface area contributed by atoms with Gasteiger partial charge >= 0.3 is 0 Å². The monoisotopic (exact) mass is 313 g/mol. The van der Waals surface area contributed by atoms with Crippen molar-refractivity contribution >= 4 is 27.7 Å². The van der Waals surface area contributed by atoms with Crippen molar-refractivity contribution < 1.29 is 0 Å². The van der Waals surface area contributed by atoms with E-state index < -0.39 is 0 Å². The first-order chi connectivity index (χ1) is 8.25. The van der Waals surface area contributed by atoms with Crippen molar-refractivity contribution in [3.8, 4) is 0 Å². The summed E-state index contributed by atoms with van der Waals surface area (Å²) in [5.41, 5.74) is 2.70. The van der Waals surface area contributed by atoms with E-state index in [1.165, 1.54) is 40.6 Å². The minimum Gasteiger partial charge on any atom is -0.312 e. The van der Waals surface area contributed by atoms with Crippen LogP contribution in [0.2, 0.25) is 0 Å². The Kier molecular flexibility index (Phi) is 5.39. The van der Waals surface area contributed by atoms with Gasteiger partial charge in [-0.25, -0.2) is 0 Å². The maximum atomic E-state index is 3.58. The predicted octanol–water partition coefficient (Wildman–Crippen LogP) is 4.13. The van der Waals surface area contributed by atoms with E-state index in [1.54, 1.807) is 0 Å². The Morgan fingerprint density at radius 1 is 1.41 bits per heavy atom. The van der Waals surface area contributed by atoms with E-state index in [1.807, 2.05) is 0 Å². The van der Waals surface area contributed by atoms with E-state index in [0.29, 0.717) is 0 Å². The summed E-state index contributed by atoms with van der Waals surface area (Å²) in [4.78, 5) is 0. The first-order valence-electron chi connectivity index (χ1n) is 6.33. The highest BCUT2D eigenvalue weighted by molar-refractivity contribution is 9.10. The van der Waals surface area contributed by atoms with E-state index in [-0.39, 0.29) is 0 Å². The first kappa shape index (κ1) is 13.4. The molecular formula is C14H20BrNS. The molecule has 1 aliphatic rings. The van der Waals surface area contributed by atoms with Gasteiger partial charge in [0.05, 0.1) is 0 Å². The molecule has 1 atom stereocenters. The summed E-state index contributed by atoms with van der Waals surface area (Å²) in [5, 5.41) is 4.42. The van der Waals surface area contributed by atoms with Crippen LogP contribution >= 0.6 is 27.7 Å². The number of hydrogen-bond acceptors (Lipinski definition) is 2. The number of thioether (sulfide) groups is 1. The third-order valence-corrected chi connectivity index (χ3v) is 5.49. The fourth-order valence-corrected chi connectivity index (χ4v) is 3.68. The molecule has 0 saturated carbocycles. The molecular weight excluding hydrogens is 294 g/mol. The van der Waals surface area contributed by atoms with E-state index in [0.717, 1.165) is 18.3 Å². The normalized spacial score (nSPS) is 20.5. The standard InChI is InChI=1S/C14H20BrNS/c1-11-8-12(5-6-14(11)15)9-16-10-13-4-2-3-7-17-13/h5-6,8,13,16H,2-4,7,9-10H2,1H3. The van der Waals surface area contributed by atoms with Crippen LogP contribution in [-0.4, -0.2) is 17.5 Å². The van der Waals surface area contributed by atoms with Crippen molar-refractivity contribution in [3.63, 3.8) is 0 Å². The second-order valence-corrected chi connectivity index (χ2v) is 6.97. The summed E-state index contributed by atoms with van der Waals surface area (Å²) in [5.74, 6) is 1.35. The van der Waals surface area contributed by atoms with E-state index in [9.17, 15) is 0 Å². The number of nitrogens with one attached hydrogen (secondary N) is 1. The Hall–Kier alpha value is 0.01000. The number of aryl methyl sites for hydroxylation is 1. The third-order valence-electron chi connectivity index (χ3n) is 3.20. The van der Waals surface area contributed by atoms with Gasteiger partial charge in [0.1, 0.15) is 0 Å². The Morgan fingerprint density at radius 2 is 2.29 bits per heavy atom. The molecule has 1 aromatic carbocycles. The lowest BCUT2D eigenvalue weighted by Crippen LogP contribution is -2.26. The quantitative estimate of drug-likeness (QED) is 0.897. The molecule has 1 heterocycles. The molecule has 3 heteroatoms. The first-order valence-corrected chi connectivity index (χ1v) is 8.17. The van der Waals surface area contributed by atoms with Gasteiger partial charge in [-0.15, -0.1) is 0 Å². The van der Waals surface area contributed by atoms with E-state index in [2.05, 4.69) is 58.1 Å². The van der Waals surface area contributed by atoms with Gasteiger partial charge < -0.3 is 5.32 Å². The topological polar surface area (TPSA) is 12.0 Å². The summed E-state index contributed by atoms with van der Waals surface area (Å²) in [6, 6.07) is 6.59. The maximum Gasteiger partial charge on any atom is 0.0206 e. The molecule has 1 nitrogen and oxygen atoms in total. The molecule has 0 radical (unpaired) electrons. The van der Waals surface area contributed by atoms with Gasteiger partial charge in [-0.05, 0) is 42.7 Å². The fraction of sp³-hybridized carbons (Fsp3) is 0.571. The number of halogens is 1. The predicted molar refractivity (Wildman–Crippen MR) is 80.7 cm³/mol. The van der Waals surface area contributed by atoms with Crippen molar-refractivity contribution in [1.29, 1.82) is 0 Å². The molecule has 1 N–H and O–H groups in total. The summed E-state index contributed by atoms with van der Waals surface area (Å²) in [7, 11) is 0. The Balaban J connectivity index is 1.75. The van der Waals surface area contributed by atoms with Gasteiger partial charge in [0.15, 0.2) is 0 Å². The van der Waals surface area contributed by atoms with Gasteiger partial charge in [-0.1, -0.05) is 34.5 Å². The lowest BCUT2D eigenvalue weighted by Gasteiger charge is -2.21.